The summed E-state index contributed by atoms with van der Waals surface area (Å²) in [5.74, 6) is 1.39. The molecule has 0 unspecified atom stereocenters. The van der Waals surface area contributed by atoms with Crippen LogP contribution in [0.1, 0.15) is 33.6 Å². The second kappa shape index (κ2) is 9.53. The Kier molecular flexibility index (Phi) is 6.82. The normalized spacial score (nSPS) is 18.6. The van der Waals surface area contributed by atoms with E-state index in [9.17, 15) is 9.90 Å². The number of pyridine rings is 1. The van der Waals surface area contributed by atoms with Crippen LogP contribution in [0.15, 0.2) is 29.1 Å². The number of benzene rings is 1. The van der Waals surface area contributed by atoms with E-state index in [1.807, 2.05) is 18.2 Å². The van der Waals surface area contributed by atoms with Gasteiger partial charge in [0.25, 0.3) is 0 Å². The number of hydrogen-bond acceptors (Lipinski definition) is 6. The van der Waals surface area contributed by atoms with Crippen LogP contribution in [0.3, 0.4) is 0 Å². The van der Waals surface area contributed by atoms with Crippen LogP contribution in [0.25, 0.3) is 15.9 Å². The van der Waals surface area contributed by atoms with Gasteiger partial charge in [0.1, 0.15) is 11.6 Å². The summed E-state index contributed by atoms with van der Waals surface area (Å²) in [4.78, 5) is 23.2. The summed E-state index contributed by atoms with van der Waals surface area (Å²) in [6, 6.07) is 7.26. The van der Waals surface area contributed by atoms with E-state index in [4.69, 9.17) is 28.9 Å². The predicted octanol–water partition coefficient (Wildman–Crippen LogP) is 4.02. The van der Waals surface area contributed by atoms with Crippen LogP contribution >= 0.6 is 11.6 Å². The van der Waals surface area contributed by atoms with Crippen LogP contribution < -0.4 is 21.6 Å². The number of nitrogens with two attached hydrogens (primary N) is 1. The molecule has 9 nitrogen and oxygen atoms in total. The van der Waals surface area contributed by atoms with Crippen molar-refractivity contribution in [2.45, 2.75) is 51.8 Å². The number of imidazole rings is 1. The number of hydrogen-bond donors (Lipinski definition) is 3. The minimum Gasteiger partial charge on any atom is -0.390 e. The van der Waals surface area contributed by atoms with Gasteiger partial charge in [0.2, 0.25) is 5.69 Å². The first-order chi connectivity index (χ1) is 16.5. The molecule has 0 radical (unpaired) electrons. The highest BCUT2D eigenvalue weighted by atomic mass is 35.5. The summed E-state index contributed by atoms with van der Waals surface area (Å²) in [6.45, 7) is 15.0. The lowest BCUT2D eigenvalue weighted by Crippen LogP contribution is -2.46. The van der Waals surface area contributed by atoms with Crippen molar-refractivity contribution in [1.29, 1.82) is 0 Å². The van der Waals surface area contributed by atoms with Gasteiger partial charge in [-0.1, -0.05) is 18.5 Å². The average Bonchev–Trinajstić information content (AvgIpc) is 3.01. The minimum absolute atomic E-state index is 0.0207. The van der Waals surface area contributed by atoms with E-state index in [-0.39, 0.29) is 11.7 Å². The molecule has 0 aliphatic carbocycles. The van der Waals surface area contributed by atoms with Gasteiger partial charge in [-0.2, -0.15) is 0 Å². The van der Waals surface area contributed by atoms with Crippen molar-refractivity contribution < 1.29 is 5.11 Å². The molecule has 0 bridgehead atoms. The largest absolute Gasteiger partial charge is 0.390 e. The van der Waals surface area contributed by atoms with E-state index in [1.165, 1.54) is 0 Å². The number of nitrogens with one attached hydrogen (secondary N) is 1. The van der Waals surface area contributed by atoms with Crippen molar-refractivity contribution in [3.8, 4) is 0 Å². The lowest BCUT2D eigenvalue weighted by Gasteiger charge is -2.36. The Labute approximate surface area is 209 Å². The summed E-state index contributed by atoms with van der Waals surface area (Å²) < 4.78 is 3.26. The van der Waals surface area contributed by atoms with Gasteiger partial charge in [-0.05, 0) is 56.9 Å². The predicted molar refractivity (Wildman–Crippen MR) is 141 cm³/mol. The minimum atomic E-state index is -0.884. The van der Waals surface area contributed by atoms with E-state index < -0.39 is 5.60 Å². The Balaban J connectivity index is 1.70. The van der Waals surface area contributed by atoms with Crippen LogP contribution in [0, 0.1) is 12.5 Å². The molecule has 1 aromatic carbocycles. The molecule has 10 heteroatoms. The summed E-state index contributed by atoms with van der Waals surface area (Å²) in [7, 11) is 1.73. The number of halogens is 1. The highest BCUT2D eigenvalue weighted by molar-refractivity contribution is 6.33. The molecule has 1 fully saturated rings. The van der Waals surface area contributed by atoms with Gasteiger partial charge in [0, 0.05) is 38.4 Å². The van der Waals surface area contributed by atoms with Crippen LogP contribution in [0.5, 0.6) is 0 Å². The molecule has 35 heavy (non-hydrogen) atoms. The number of aryl methyl sites for hydroxylation is 2. The van der Waals surface area contributed by atoms with Crippen LogP contribution in [-0.2, 0) is 13.6 Å². The number of fused-ring (bicyclic) bond motifs is 1. The van der Waals surface area contributed by atoms with E-state index in [0.717, 1.165) is 24.0 Å². The maximum atomic E-state index is 12.8. The smallest absolute Gasteiger partial charge is 0.328 e. The summed E-state index contributed by atoms with van der Waals surface area (Å²) >= 11 is 6.51. The molecule has 1 aliphatic heterocycles. The van der Waals surface area contributed by atoms with Crippen molar-refractivity contribution in [2.24, 2.45) is 18.7 Å². The van der Waals surface area contributed by atoms with Gasteiger partial charge in [0.05, 0.1) is 28.2 Å². The van der Waals surface area contributed by atoms with Gasteiger partial charge in [-0.25, -0.2) is 14.6 Å². The lowest BCUT2D eigenvalue weighted by atomic mass is 9.96. The summed E-state index contributed by atoms with van der Waals surface area (Å²) in [5.41, 5.74) is 7.84. The number of rotatable bonds is 6. The number of aliphatic hydroxyl groups is 1. The Bertz CT molecular complexity index is 1340. The van der Waals surface area contributed by atoms with Crippen molar-refractivity contribution >= 4 is 45.6 Å². The fourth-order valence-corrected chi connectivity index (χ4v) is 4.86. The molecule has 0 spiro atoms. The SMILES string of the molecule is [C-]#[N+]c1cc(Cl)c(Nc2ccc3c(c2)n(CCC(C)(C)O)c(=O)n3C)nc1N1C[C@H](C)C[C@H](N)C1. The molecule has 1 saturated heterocycles. The Morgan fingerprint density at radius 2 is 2.06 bits per heavy atom. The van der Waals surface area contributed by atoms with E-state index in [0.29, 0.717) is 53.5 Å². The number of nitrogens with zero attached hydrogens (tertiary/aromatic N) is 5. The molecule has 3 heterocycles. The van der Waals surface area contributed by atoms with Crippen molar-refractivity contribution in [1.82, 2.24) is 14.1 Å². The topological polar surface area (TPSA) is 106 Å². The first kappa shape index (κ1) is 25.0. The van der Waals surface area contributed by atoms with E-state index in [2.05, 4.69) is 22.0 Å². The second-order valence-electron chi connectivity index (χ2n) is 10.2. The van der Waals surface area contributed by atoms with Crippen molar-refractivity contribution in [2.75, 3.05) is 23.3 Å². The molecule has 4 rings (SSSR count). The van der Waals surface area contributed by atoms with Crippen molar-refractivity contribution in [3.05, 3.63) is 51.2 Å². The fraction of sp³-hybridized carbons (Fsp3) is 0.480. The molecular formula is C25H32ClN7O2. The first-order valence-electron chi connectivity index (χ1n) is 11.7. The standard InChI is InChI=1S/C25H32ClN7O2/c1-15-10-16(27)14-32(13-15)23-19(28-4)12-18(26)22(30-23)29-17-6-7-20-21(11-17)33(24(34)31(20)5)9-8-25(2,3)35/h6-7,11-12,15-16,35H,8-10,13-14,27H2,1-3,5H3,(H,29,30)/t15-,16+/m1/s1. The number of aromatic nitrogens is 3. The van der Waals surface area contributed by atoms with E-state index >= 15 is 0 Å². The van der Waals surface area contributed by atoms with Crippen LogP contribution in [0.4, 0.5) is 23.0 Å². The zero-order chi connectivity index (χ0) is 25.5. The third-order valence-corrected chi connectivity index (χ3v) is 6.69. The highest BCUT2D eigenvalue weighted by Crippen LogP contribution is 2.37. The Morgan fingerprint density at radius 3 is 2.71 bits per heavy atom. The van der Waals surface area contributed by atoms with Crippen LogP contribution in [0.2, 0.25) is 5.02 Å². The van der Waals surface area contributed by atoms with Crippen molar-refractivity contribution in [3.63, 3.8) is 0 Å². The van der Waals surface area contributed by atoms with Crippen LogP contribution in [-0.4, -0.2) is 44.0 Å². The van der Waals surface area contributed by atoms with Gasteiger partial charge >= 0.3 is 5.69 Å². The first-order valence-corrected chi connectivity index (χ1v) is 12.1. The monoisotopic (exact) mass is 497 g/mol. The molecule has 4 N–H and O–H groups in total. The average molecular weight is 498 g/mol. The van der Waals surface area contributed by atoms with Gasteiger partial charge < -0.3 is 21.1 Å². The van der Waals surface area contributed by atoms with E-state index in [1.54, 1.807) is 36.1 Å². The zero-order valence-electron chi connectivity index (χ0n) is 20.5. The number of piperidine rings is 1. The molecular weight excluding hydrogens is 466 g/mol. The van der Waals surface area contributed by atoms with Gasteiger partial charge in [-0.3, -0.25) is 9.13 Å². The van der Waals surface area contributed by atoms with Gasteiger partial charge in [-0.15, -0.1) is 0 Å². The van der Waals surface area contributed by atoms with Gasteiger partial charge in [0.15, 0.2) is 0 Å². The highest BCUT2D eigenvalue weighted by Gasteiger charge is 2.26. The fourth-order valence-electron chi connectivity index (χ4n) is 4.67. The zero-order valence-corrected chi connectivity index (χ0v) is 21.3. The lowest BCUT2D eigenvalue weighted by molar-refractivity contribution is 0.0662. The number of anilines is 3. The summed E-state index contributed by atoms with van der Waals surface area (Å²) in [5, 5.41) is 13.8. The molecule has 3 aromatic rings. The molecule has 186 valence electrons. The third-order valence-electron chi connectivity index (χ3n) is 6.40. The molecule has 2 atom stereocenters. The molecule has 0 saturated carbocycles. The second-order valence-corrected chi connectivity index (χ2v) is 10.6. The molecule has 1 aliphatic rings. The maximum Gasteiger partial charge on any atom is 0.328 e. The quantitative estimate of drug-likeness (QED) is 0.444. The Hall–Kier alpha value is -3.06. The molecule has 0 amide bonds. The summed E-state index contributed by atoms with van der Waals surface area (Å²) in [6.07, 6.45) is 1.38. The third kappa shape index (κ3) is 5.30. The maximum absolute atomic E-state index is 12.8. The Morgan fingerprint density at radius 1 is 1.31 bits per heavy atom. The molecule has 2 aromatic heterocycles.